The zero-order valence-electron chi connectivity index (χ0n) is 16.6. The minimum absolute atomic E-state index is 0.267. The lowest BCUT2D eigenvalue weighted by Crippen LogP contribution is -2.37. The van der Waals surface area contributed by atoms with E-state index in [1.165, 1.54) is 38.6 Å². The molecular weight excluding hydrogens is 270 g/mol. The lowest BCUT2D eigenvalue weighted by atomic mass is 9.98. The molecule has 2 atom stereocenters. The predicted molar refractivity (Wildman–Crippen MR) is 101 cm³/mol. The Kier molecular flexibility index (Phi) is 11.4. The van der Waals surface area contributed by atoms with Crippen molar-refractivity contribution in [3.8, 4) is 0 Å². The SMILES string of the molecule is CNC(C)(C)CCCN(C)C(C)CCCCNC(C)C(C)C. The summed E-state index contributed by atoms with van der Waals surface area (Å²) < 4.78 is 0. The first-order valence-electron chi connectivity index (χ1n) is 9.32. The molecule has 0 aliphatic carbocycles. The molecular formula is C19H43N3. The molecule has 134 valence electrons. The van der Waals surface area contributed by atoms with Crippen LogP contribution in [0.3, 0.4) is 0 Å². The molecule has 3 nitrogen and oxygen atoms in total. The molecule has 0 heterocycles. The summed E-state index contributed by atoms with van der Waals surface area (Å²) in [5.74, 6) is 0.729. The normalized spacial score (nSPS) is 15.5. The van der Waals surface area contributed by atoms with Crippen LogP contribution in [0.5, 0.6) is 0 Å². The van der Waals surface area contributed by atoms with Gasteiger partial charge in [0.2, 0.25) is 0 Å². The van der Waals surface area contributed by atoms with E-state index < -0.39 is 0 Å². The Morgan fingerprint density at radius 3 is 2.18 bits per heavy atom. The van der Waals surface area contributed by atoms with Crippen LogP contribution in [0.2, 0.25) is 0 Å². The van der Waals surface area contributed by atoms with E-state index in [4.69, 9.17) is 0 Å². The van der Waals surface area contributed by atoms with E-state index in [9.17, 15) is 0 Å². The maximum Gasteiger partial charge on any atom is 0.0122 e. The van der Waals surface area contributed by atoms with Crippen molar-refractivity contribution < 1.29 is 0 Å². The van der Waals surface area contributed by atoms with Gasteiger partial charge in [-0.2, -0.15) is 0 Å². The highest BCUT2D eigenvalue weighted by Gasteiger charge is 2.15. The summed E-state index contributed by atoms with van der Waals surface area (Å²) in [6.45, 7) is 16.1. The predicted octanol–water partition coefficient (Wildman–Crippen LogP) is 3.89. The molecule has 0 saturated carbocycles. The molecule has 0 aromatic heterocycles. The van der Waals surface area contributed by atoms with E-state index in [-0.39, 0.29) is 5.54 Å². The van der Waals surface area contributed by atoms with Gasteiger partial charge in [0.25, 0.3) is 0 Å². The van der Waals surface area contributed by atoms with Gasteiger partial charge >= 0.3 is 0 Å². The zero-order valence-corrected chi connectivity index (χ0v) is 16.6. The van der Waals surface area contributed by atoms with Gasteiger partial charge in [-0.25, -0.2) is 0 Å². The van der Waals surface area contributed by atoms with Gasteiger partial charge < -0.3 is 15.5 Å². The van der Waals surface area contributed by atoms with Gasteiger partial charge in [-0.3, -0.25) is 0 Å². The Labute approximate surface area is 140 Å². The fraction of sp³-hybridized carbons (Fsp3) is 1.00. The van der Waals surface area contributed by atoms with Gasteiger partial charge in [-0.1, -0.05) is 20.3 Å². The van der Waals surface area contributed by atoms with Crippen LogP contribution >= 0.6 is 0 Å². The minimum Gasteiger partial charge on any atom is -0.315 e. The van der Waals surface area contributed by atoms with Crippen molar-refractivity contribution in [3.05, 3.63) is 0 Å². The van der Waals surface area contributed by atoms with E-state index in [0.29, 0.717) is 12.1 Å². The number of rotatable bonds is 13. The first-order valence-corrected chi connectivity index (χ1v) is 9.32. The maximum absolute atomic E-state index is 3.62. The summed E-state index contributed by atoms with van der Waals surface area (Å²) in [6, 6.07) is 1.33. The van der Waals surface area contributed by atoms with Crippen molar-refractivity contribution >= 4 is 0 Å². The highest BCUT2D eigenvalue weighted by atomic mass is 15.1. The number of nitrogens with one attached hydrogen (secondary N) is 2. The monoisotopic (exact) mass is 313 g/mol. The van der Waals surface area contributed by atoms with E-state index in [0.717, 1.165) is 12.5 Å². The number of hydrogen-bond acceptors (Lipinski definition) is 3. The van der Waals surface area contributed by atoms with Crippen LogP contribution in [0.15, 0.2) is 0 Å². The first-order chi connectivity index (χ1) is 10.2. The highest BCUT2D eigenvalue weighted by molar-refractivity contribution is 4.76. The molecule has 22 heavy (non-hydrogen) atoms. The van der Waals surface area contributed by atoms with Crippen molar-refractivity contribution in [2.24, 2.45) is 5.92 Å². The smallest absolute Gasteiger partial charge is 0.0122 e. The molecule has 2 N–H and O–H groups in total. The summed E-state index contributed by atoms with van der Waals surface area (Å²) in [7, 11) is 4.33. The third kappa shape index (κ3) is 10.6. The minimum atomic E-state index is 0.267. The molecule has 0 aromatic rings. The van der Waals surface area contributed by atoms with Crippen LogP contribution in [-0.4, -0.2) is 49.7 Å². The Hall–Kier alpha value is -0.120. The van der Waals surface area contributed by atoms with Crippen LogP contribution < -0.4 is 10.6 Å². The first kappa shape index (κ1) is 21.9. The standard InChI is InChI=1S/C19H43N3/c1-16(2)18(4)21-14-10-9-12-17(3)22(8)15-11-13-19(5,6)20-7/h16-18,20-21H,9-15H2,1-8H3. The second-order valence-corrected chi connectivity index (χ2v) is 8.05. The van der Waals surface area contributed by atoms with E-state index in [2.05, 4.69) is 71.2 Å². The van der Waals surface area contributed by atoms with E-state index in [1.54, 1.807) is 0 Å². The molecule has 0 bridgehead atoms. The highest BCUT2D eigenvalue weighted by Crippen LogP contribution is 2.13. The molecule has 0 amide bonds. The van der Waals surface area contributed by atoms with Gasteiger partial charge in [0.05, 0.1) is 0 Å². The molecule has 0 radical (unpaired) electrons. The van der Waals surface area contributed by atoms with Crippen molar-refractivity contribution in [1.82, 2.24) is 15.5 Å². The average molecular weight is 314 g/mol. The second-order valence-electron chi connectivity index (χ2n) is 8.05. The third-order valence-corrected chi connectivity index (χ3v) is 5.26. The quantitative estimate of drug-likeness (QED) is 0.505. The molecule has 0 fully saturated rings. The Morgan fingerprint density at radius 2 is 1.64 bits per heavy atom. The van der Waals surface area contributed by atoms with Crippen LogP contribution in [0.4, 0.5) is 0 Å². The summed E-state index contributed by atoms with van der Waals surface area (Å²) >= 11 is 0. The summed E-state index contributed by atoms with van der Waals surface area (Å²) in [5, 5.41) is 7.01. The van der Waals surface area contributed by atoms with Crippen molar-refractivity contribution in [3.63, 3.8) is 0 Å². The van der Waals surface area contributed by atoms with Crippen molar-refractivity contribution in [1.29, 1.82) is 0 Å². The molecule has 0 rings (SSSR count). The maximum atomic E-state index is 3.62. The largest absolute Gasteiger partial charge is 0.315 e. The fourth-order valence-corrected chi connectivity index (χ4v) is 2.47. The number of hydrogen-bond donors (Lipinski definition) is 2. The molecule has 0 spiro atoms. The van der Waals surface area contributed by atoms with Crippen molar-refractivity contribution in [2.45, 2.75) is 91.3 Å². The molecule has 0 aliphatic heterocycles. The van der Waals surface area contributed by atoms with Crippen LogP contribution in [0, 0.1) is 5.92 Å². The number of nitrogens with zero attached hydrogens (tertiary/aromatic N) is 1. The van der Waals surface area contributed by atoms with Gasteiger partial charge in [-0.15, -0.1) is 0 Å². The lowest BCUT2D eigenvalue weighted by molar-refractivity contribution is 0.226. The molecule has 2 unspecified atom stereocenters. The number of unbranched alkanes of at least 4 members (excludes halogenated alkanes) is 1. The van der Waals surface area contributed by atoms with Gasteiger partial charge in [0.1, 0.15) is 0 Å². The van der Waals surface area contributed by atoms with Crippen LogP contribution in [0.25, 0.3) is 0 Å². The van der Waals surface area contributed by atoms with Crippen LogP contribution in [0.1, 0.15) is 73.6 Å². The molecule has 0 saturated heterocycles. The zero-order chi connectivity index (χ0) is 17.2. The Morgan fingerprint density at radius 1 is 1.00 bits per heavy atom. The van der Waals surface area contributed by atoms with Crippen LogP contribution in [-0.2, 0) is 0 Å². The Bertz CT molecular complexity index is 263. The van der Waals surface area contributed by atoms with E-state index >= 15 is 0 Å². The summed E-state index contributed by atoms with van der Waals surface area (Å²) in [6.07, 6.45) is 6.43. The van der Waals surface area contributed by atoms with Crippen molar-refractivity contribution in [2.75, 3.05) is 27.2 Å². The fourth-order valence-electron chi connectivity index (χ4n) is 2.47. The molecule has 0 aromatic carbocycles. The molecule has 0 aliphatic rings. The summed E-state index contributed by atoms with van der Waals surface area (Å²) in [4.78, 5) is 2.52. The Balaban J connectivity index is 3.68. The third-order valence-electron chi connectivity index (χ3n) is 5.26. The van der Waals surface area contributed by atoms with Gasteiger partial charge in [-0.05, 0) is 86.5 Å². The topological polar surface area (TPSA) is 27.3 Å². The average Bonchev–Trinajstić information content (AvgIpc) is 2.45. The second kappa shape index (κ2) is 11.4. The summed E-state index contributed by atoms with van der Waals surface area (Å²) in [5.41, 5.74) is 0.267. The van der Waals surface area contributed by atoms with Gasteiger partial charge in [0, 0.05) is 17.6 Å². The van der Waals surface area contributed by atoms with Gasteiger partial charge in [0.15, 0.2) is 0 Å². The lowest BCUT2D eigenvalue weighted by Gasteiger charge is -2.28. The molecule has 3 heteroatoms. The van der Waals surface area contributed by atoms with E-state index in [1.807, 2.05) is 0 Å².